The number of piperazine rings is 1. The van der Waals surface area contributed by atoms with Gasteiger partial charge in [-0.1, -0.05) is 0 Å². The van der Waals surface area contributed by atoms with Crippen LogP contribution in [0.15, 0.2) is 42.6 Å². The van der Waals surface area contributed by atoms with Crippen LogP contribution in [0.1, 0.15) is 5.56 Å². The zero-order valence-corrected chi connectivity index (χ0v) is 24.6. The molecule has 1 aromatic heterocycles. The summed E-state index contributed by atoms with van der Waals surface area (Å²) in [6, 6.07) is 10.2. The fourth-order valence-corrected chi connectivity index (χ4v) is 4.55. The first-order chi connectivity index (χ1) is 20.3. The number of rotatable bonds is 13. The molecule has 2 heterocycles. The van der Waals surface area contributed by atoms with Crippen LogP contribution in [0.4, 0.5) is 22.2 Å². The first-order valence-electron chi connectivity index (χ1n) is 13.5. The summed E-state index contributed by atoms with van der Waals surface area (Å²) in [7, 11) is 8.30. The van der Waals surface area contributed by atoms with Crippen molar-refractivity contribution in [3.05, 3.63) is 48.2 Å². The van der Waals surface area contributed by atoms with Crippen molar-refractivity contribution in [2.24, 2.45) is 0 Å². The number of nitrogens with zero attached hydrogens (tertiary/aromatic N) is 5. The molecule has 0 aliphatic carbocycles. The van der Waals surface area contributed by atoms with Gasteiger partial charge in [0, 0.05) is 62.3 Å². The van der Waals surface area contributed by atoms with Gasteiger partial charge in [-0.2, -0.15) is 4.98 Å². The molecule has 226 valence electrons. The summed E-state index contributed by atoms with van der Waals surface area (Å²) in [5.74, 6) is 2.91. The molecule has 3 aromatic rings. The minimum Gasteiger partial charge on any atom is -0.497 e. The molecule has 1 aliphatic heterocycles. The number of carboxylic acid groups (broad SMARTS) is 1. The van der Waals surface area contributed by atoms with Crippen LogP contribution in [0.25, 0.3) is 0 Å². The second-order valence-electron chi connectivity index (χ2n) is 9.61. The maximum absolute atomic E-state index is 12.3. The van der Waals surface area contributed by atoms with Crippen LogP contribution in [-0.2, 0) is 6.54 Å². The lowest BCUT2D eigenvalue weighted by molar-refractivity contribution is 0.131. The highest BCUT2D eigenvalue weighted by atomic mass is 16.5. The zero-order chi connectivity index (χ0) is 30.1. The lowest BCUT2D eigenvalue weighted by Gasteiger charge is -2.32. The van der Waals surface area contributed by atoms with Gasteiger partial charge in [-0.15, -0.1) is 0 Å². The summed E-state index contributed by atoms with van der Waals surface area (Å²) in [6.07, 6.45) is 0.291. The Kier molecular flexibility index (Phi) is 10.5. The van der Waals surface area contributed by atoms with E-state index in [-0.39, 0.29) is 18.3 Å². The number of ether oxygens (including phenoxy) is 5. The van der Waals surface area contributed by atoms with Crippen LogP contribution in [-0.4, -0.2) is 106 Å². The Hall–Kier alpha value is -4.49. The predicted molar refractivity (Wildman–Crippen MR) is 158 cm³/mol. The molecule has 0 unspecified atom stereocenters. The molecular weight excluding hydrogens is 544 g/mol. The Bertz CT molecular complexity index is 1320. The van der Waals surface area contributed by atoms with E-state index in [0.29, 0.717) is 46.6 Å². The second-order valence-corrected chi connectivity index (χ2v) is 9.61. The number of aromatic nitrogens is 2. The zero-order valence-electron chi connectivity index (χ0n) is 24.6. The highest BCUT2D eigenvalue weighted by molar-refractivity contribution is 5.85. The van der Waals surface area contributed by atoms with Crippen LogP contribution in [0.5, 0.6) is 28.7 Å². The molecule has 2 N–H and O–H groups in total. The van der Waals surface area contributed by atoms with E-state index >= 15 is 0 Å². The normalized spacial score (nSPS) is 13.7. The van der Waals surface area contributed by atoms with E-state index in [2.05, 4.69) is 32.1 Å². The van der Waals surface area contributed by atoms with Gasteiger partial charge in [0.2, 0.25) is 11.7 Å². The number of nitrogens with one attached hydrogen (secondary N) is 1. The maximum atomic E-state index is 12.3. The third kappa shape index (κ3) is 7.62. The molecule has 1 aliphatic rings. The number of methoxy groups -OCH3 is 4. The van der Waals surface area contributed by atoms with Crippen LogP contribution in [0.3, 0.4) is 0 Å². The second kappa shape index (κ2) is 14.4. The van der Waals surface area contributed by atoms with Crippen LogP contribution in [0, 0.1) is 0 Å². The SMILES string of the molecule is COc1ccc(OC)c(CN(C(=O)O)c2ccnc(Nc3cc(OC)c(OCCN4CCN(C)CC4)c(OC)c3)n2)c1. The number of amides is 1. The Balaban J connectivity index is 1.51. The largest absolute Gasteiger partial charge is 0.497 e. The average molecular weight is 583 g/mol. The van der Waals surface area contributed by atoms with E-state index < -0.39 is 6.09 Å². The lowest BCUT2D eigenvalue weighted by atomic mass is 10.1. The number of carbonyl (C=O) groups is 1. The number of hydrogen-bond acceptors (Lipinski definition) is 11. The molecule has 42 heavy (non-hydrogen) atoms. The fraction of sp³-hybridized carbons (Fsp3) is 0.414. The van der Waals surface area contributed by atoms with Crippen molar-refractivity contribution >= 4 is 23.5 Å². The molecule has 13 nitrogen and oxygen atoms in total. The van der Waals surface area contributed by atoms with Crippen LogP contribution < -0.4 is 33.9 Å². The van der Waals surface area contributed by atoms with Crippen LogP contribution in [0.2, 0.25) is 0 Å². The molecule has 0 bridgehead atoms. The first-order valence-corrected chi connectivity index (χ1v) is 13.5. The molecule has 2 aromatic carbocycles. The van der Waals surface area contributed by atoms with Crippen molar-refractivity contribution in [3.63, 3.8) is 0 Å². The van der Waals surface area contributed by atoms with Crippen molar-refractivity contribution in [3.8, 4) is 28.7 Å². The smallest absolute Gasteiger partial charge is 0.413 e. The van der Waals surface area contributed by atoms with Gasteiger partial charge in [0.05, 0.1) is 35.0 Å². The molecule has 1 fully saturated rings. The summed E-state index contributed by atoms with van der Waals surface area (Å²) in [6.45, 7) is 5.34. The molecule has 0 atom stereocenters. The molecular formula is C29H38N6O7. The maximum Gasteiger partial charge on any atom is 0.413 e. The van der Waals surface area contributed by atoms with Gasteiger partial charge < -0.3 is 39.0 Å². The number of anilines is 3. The molecule has 4 rings (SSSR count). The van der Waals surface area contributed by atoms with Gasteiger partial charge in [-0.25, -0.2) is 9.78 Å². The number of hydrogen-bond donors (Lipinski definition) is 2. The highest BCUT2D eigenvalue weighted by Crippen LogP contribution is 2.41. The Morgan fingerprint density at radius 3 is 2.26 bits per heavy atom. The van der Waals surface area contributed by atoms with Gasteiger partial charge in [-0.05, 0) is 31.3 Å². The molecule has 1 saturated heterocycles. The van der Waals surface area contributed by atoms with E-state index in [0.717, 1.165) is 37.6 Å². The van der Waals surface area contributed by atoms with Gasteiger partial charge in [-0.3, -0.25) is 9.80 Å². The number of likely N-dealkylation sites (N-methyl/N-ethyl adjacent to an activating group) is 1. The standard InChI is InChI=1S/C29H38N6O7/c1-33-10-12-34(13-11-33)14-15-42-27-24(40-4)17-21(18-25(27)41-5)31-28-30-9-8-26(32-28)35(29(36)37)19-20-16-22(38-2)6-7-23(20)39-3/h6-9,16-18H,10-15,19H2,1-5H3,(H,36,37)(H,30,31,32). The molecule has 0 spiro atoms. The Morgan fingerprint density at radius 2 is 1.64 bits per heavy atom. The van der Waals surface area contributed by atoms with Crippen molar-refractivity contribution in [2.45, 2.75) is 6.54 Å². The highest BCUT2D eigenvalue weighted by Gasteiger charge is 2.21. The topological polar surface area (TPSA) is 131 Å². The number of benzene rings is 2. The summed E-state index contributed by atoms with van der Waals surface area (Å²) in [5.41, 5.74) is 1.19. The van der Waals surface area contributed by atoms with E-state index in [1.54, 1.807) is 51.7 Å². The van der Waals surface area contributed by atoms with Crippen molar-refractivity contribution in [1.82, 2.24) is 19.8 Å². The molecule has 1 amide bonds. The van der Waals surface area contributed by atoms with Crippen LogP contribution >= 0.6 is 0 Å². The van der Waals surface area contributed by atoms with Gasteiger partial charge >= 0.3 is 6.09 Å². The van der Waals surface area contributed by atoms with E-state index in [1.807, 2.05) is 0 Å². The van der Waals surface area contributed by atoms with Crippen molar-refractivity contribution < 1.29 is 33.6 Å². The third-order valence-electron chi connectivity index (χ3n) is 6.93. The summed E-state index contributed by atoms with van der Waals surface area (Å²) in [5, 5.41) is 13.1. The predicted octanol–water partition coefficient (Wildman–Crippen LogP) is 3.57. The lowest BCUT2D eigenvalue weighted by Crippen LogP contribution is -2.45. The quantitative estimate of drug-likeness (QED) is 0.305. The van der Waals surface area contributed by atoms with Crippen molar-refractivity contribution in [1.29, 1.82) is 0 Å². The monoisotopic (exact) mass is 582 g/mol. The molecule has 0 radical (unpaired) electrons. The van der Waals surface area contributed by atoms with Crippen molar-refractivity contribution in [2.75, 3.05) is 85.0 Å². The minimum atomic E-state index is -1.19. The Morgan fingerprint density at radius 1 is 0.952 bits per heavy atom. The van der Waals surface area contributed by atoms with Gasteiger partial charge in [0.1, 0.15) is 23.9 Å². The van der Waals surface area contributed by atoms with E-state index in [9.17, 15) is 9.90 Å². The summed E-state index contributed by atoms with van der Waals surface area (Å²) in [4.78, 5) is 26.8. The minimum absolute atomic E-state index is 0.0199. The summed E-state index contributed by atoms with van der Waals surface area (Å²) >= 11 is 0. The molecule has 0 saturated carbocycles. The van der Waals surface area contributed by atoms with Gasteiger partial charge in [0.25, 0.3) is 0 Å². The first kappa shape index (κ1) is 30.5. The average Bonchev–Trinajstić information content (AvgIpc) is 3.00. The molecule has 13 heteroatoms. The van der Waals surface area contributed by atoms with Gasteiger partial charge in [0.15, 0.2) is 11.5 Å². The fourth-order valence-electron chi connectivity index (χ4n) is 4.55. The van der Waals surface area contributed by atoms with E-state index in [4.69, 9.17) is 23.7 Å². The third-order valence-corrected chi connectivity index (χ3v) is 6.93. The van der Waals surface area contributed by atoms with E-state index in [1.165, 1.54) is 19.4 Å². The summed E-state index contributed by atoms with van der Waals surface area (Å²) < 4.78 is 28.0. The Labute approximate surface area is 245 Å².